The molecule has 0 aliphatic rings. The molecule has 0 spiro atoms. The van der Waals surface area contributed by atoms with Crippen molar-refractivity contribution in [1.29, 1.82) is 0 Å². The van der Waals surface area contributed by atoms with Crippen LogP contribution in [0.3, 0.4) is 0 Å². The topological polar surface area (TPSA) is 0 Å². The molecule has 0 aromatic heterocycles. The molecule has 0 N–H and O–H groups in total. The molecule has 1 radical (unpaired) electrons. The first kappa shape index (κ1) is 8.25. The maximum absolute atomic E-state index is 12.9. The van der Waals surface area contributed by atoms with Gasteiger partial charge in [-0.3, -0.25) is 0 Å². The normalized spacial score (nSPS) is 10.0. The van der Waals surface area contributed by atoms with E-state index in [0.717, 1.165) is 24.8 Å². The SMILES string of the molecule is [CH2]CCCc1ccccc1F. The number of benzene rings is 1. The Hall–Kier alpha value is -0.850. The van der Waals surface area contributed by atoms with Gasteiger partial charge in [-0.05, 0) is 24.5 Å². The van der Waals surface area contributed by atoms with Gasteiger partial charge in [-0.1, -0.05) is 31.5 Å². The van der Waals surface area contributed by atoms with E-state index in [2.05, 4.69) is 6.92 Å². The number of aryl methyl sites for hydroxylation is 1. The van der Waals surface area contributed by atoms with Crippen molar-refractivity contribution in [3.63, 3.8) is 0 Å². The summed E-state index contributed by atoms with van der Waals surface area (Å²) in [6, 6.07) is 6.90. The largest absolute Gasteiger partial charge is 0.207 e. The van der Waals surface area contributed by atoms with Crippen molar-refractivity contribution in [1.82, 2.24) is 0 Å². The third kappa shape index (κ3) is 2.34. The molecule has 0 nitrogen and oxygen atoms in total. The van der Waals surface area contributed by atoms with Crippen molar-refractivity contribution in [2.45, 2.75) is 19.3 Å². The Morgan fingerprint density at radius 1 is 1.27 bits per heavy atom. The van der Waals surface area contributed by atoms with E-state index >= 15 is 0 Å². The molecule has 1 heteroatoms. The molecule has 0 heterocycles. The van der Waals surface area contributed by atoms with Crippen LogP contribution in [-0.4, -0.2) is 0 Å². The molecule has 0 aliphatic carbocycles. The Morgan fingerprint density at radius 2 is 2.00 bits per heavy atom. The predicted molar refractivity (Wildman–Crippen MR) is 44.7 cm³/mol. The average Bonchev–Trinajstić information content (AvgIpc) is 2.03. The summed E-state index contributed by atoms with van der Waals surface area (Å²) in [6.45, 7) is 3.71. The van der Waals surface area contributed by atoms with Crippen LogP contribution in [0.2, 0.25) is 0 Å². The lowest BCUT2D eigenvalue weighted by molar-refractivity contribution is 0.605. The highest BCUT2D eigenvalue weighted by Crippen LogP contribution is 2.09. The van der Waals surface area contributed by atoms with E-state index < -0.39 is 0 Å². The van der Waals surface area contributed by atoms with E-state index in [0.29, 0.717) is 0 Å². The zero-order valence-corrected chi connectivity index (χ0v) is 6.52. The Bertz CT molecular complexity index is 218. The second-order valence-electron chi connectivity index (χ2n) is 2.55. The summed E-state index contributed by atoms with van der Waals surface area (Å²) in [7, 11) is 0. The molecule has 0 amide bonds. The van der Waals surface area contributed by atoms with E-state index in [9.17, 15) is 4.39 Å². The molecule has 0 atom stereocenters. The molecule has 1 aromatic carbocycles. The van der Waals surface area contributed by atoms with Gasteiger partial charge < -0.3 is 0 Å². The van der Waals surface area contributed by atoms with Crippen LogP contribution in [0.5, 0.6) is 0 Å². The fourth-order valence-electron chi connectivity index (χ4n) is 1.02. The van der Waals surface area contributed by atoms with Crippen molar-refractivity contribution < 1.29 is 4.39 Å². The summed E-state index contributed by atoms with van der Waals surface area (Å²) in [5.41, 5.74) is 0.802. The number of rotatable bonds is 3. The first-order valence-electron chi connectivity index (χ1n) is 3.87. The molecular weight excluding hydrogens is 139 g/mol. The molecule has 0 unspecified atom stereocenters. The minimum absolute atomic E-state index is 0.0963. The van der Waals surface area contributed by atoms with E-state index in [1.54, 1.807) is 6.07 Å². The molecule has 1 aromatic rings. The summed E-state index contributed by atoms with van der Waals surface area (Å²) in [6.07, 6.45) is 2.63. The Balaban J connectivity index is 2.62. The molecule has 11 heavy (non-hydrogen) atoms. The van der Waals surface area contributed by atoms with Gasteiger partial charge in [0, 0.05) is 0 Å². The minimum Gasteiger partial charge on any atom is -0.207 e. The molecule has 0 saturated carbocycles. The predicted octanol–water partition coefficient (Wildman–Crippen LogP) is 2.98. The Labute approximate surface area is 67.1 Å². The number of hydrogen-bond acceptors (Lipinski definition) is 0. The Morgan fingerprint density at radius 3 is 2.64 bits per heavy atom. The van der Waals surface area contributed by atoms with Crippen LogP contribution in [0, 0.1) is 12.7 Å². The van der Waals surface area contributed by atoms with Gasteiger partial charge in [0.2, 0.25) is 0 Å². The third-order valence-corrected chi connectivity index (χ3v) is 1.65. The average molecular weight is 151 g/mol. The second kappa shape index (κ2) is 4.12. The van der Waals surface area contributed by atoms with Crippen LogP contribution in [0.4, 0.5) is 4.39 Å². The Kier molecular flexibility index (Phi) is 3.09. The van der Waals surface area contributed by atoms with Crippen LogP contribution >= 0.6 is 0 Å². The maximum atomic E-state index is 12.9. The van der Waals surface area contributed by atoms with Gasteiger partial charge in [-0.15, -0.1) is 0 Å². The van der Waals surface area contributed by atoms with Gasteiger partial charge in [-0.25, -0.2) is 4.39 Å². The summed E-state index contributed by atoms with van der Waals surface area (Å²) in [4.78, 5) is 0. The van der Waals surface area contributed by atoms with Gasteiger partial charge in [0.25, 0.3) is 0 Å². The summed E-state index contributed by atoms with van der Waals surface area (Å²) in [5.74, 6) is -0.0963. The zero-order chi connectivity index (χ0) is 8.10. The fraction of sp³-hybridized carbons (Fsp3) is 0.300. The molecule has 59 valence electrons. The number of unbranched alkanes of at least 4 members (excludes halogenated alkanes) is 1. The highest BCUT2D eigenvalue weighted by atomic mass is 19.1. The first-order valence-corrected chi connectivity index (χ1v) is 3.87. The van der Waals surface area contributed by atoms with Crippen LogP contribution in [-0.2, 0) is 6.42 Å². The van der Waals surface area contributed by atoms with Gasteiger partial charge in [0.05, 0.1) is 0 Å². The highest BCUT2D eigenvalue weighted by Gasteiger charge is 1.97. The maximum Gasteiger partial charge on any atom is 0.126 e. The first-order chi connectivity index (χ1) is 5.34. The highest BCUT2D eigenvalue weighted by molar-refractivity contribution is 5.17. The lowest BCUT2D eigenvalue weighted by Crippen LogP contribution is -1.88. The molecule has 0 bridgehead atoms. The molecule has 1 rings (SSSR count). The fourth-order valence-corrected chi connectivity index (χ4v) is 1.02. The quantitative estimate of drug-likeness (QED) is 0.623. The van der Waals surface area contributed by atoms with Crippen molar-refractivity contribution in [3.8, 4) is 0 Å². The third-order valence-electron chi connectivity index (χ3n) is 1.65. The lowest BCUT2D eigenvalue weighted by atomic mass is 10.1. The van der Waals surface area contributed by atoms with Gasteiger partial charge in [0.15, 0.2) is 0 Å². The summed E-state index contributed by atoms with van der Waals surface area (Å²) < 4.78 is 12.9. The monoisotopic (exact) mass is 151 g/mol. The standard InChI is InChI=1S/C10H12F/c1-2-3-6-9-7-4-5-8-10(9)11/h4-5,7-8H,1-3,6H2. The second-order valence-corrected chi connectivity index (χ2v) is 2.55. The number of hydrogen-bond donors (Lipinski definition) is 0. The van der Waals surface area contributed by atoms with Gasteiger partial charge in [0.1, 0.15) is 5.82 Å². The zero-order valence-electron chi connectivity index (χ0n) is 6.52. The summed E-state index contributed by atoms with van der Waals surface area (Å²) >= 11 is 0. The van der Waals surface area contributed by atoms with Crippen molar-refractivity contribution in [2.75, 3.05) is 0 Å². The van der Waals surface area contributed by atoms with Crippen LogP contribution < -0.4 is 0 Å². The molecule has 0 saturated heterocycles. The number of halogens is 1. The smallest absolute Gasteiger partial charge is 0.126 e. The van der Waals surface area contributed by atoms with E-state index in [1.165, 1.54) is 6.07 Å². The van der Waals surface area contributed by atoms with E-state index in [-0.39, 0.29) is 5.82 Å². The van der Waals surface area contributed by atoms with Crippen LogP contribution in [0.1, 0.15) is 18.4 Å². The van der Waals surface area contributed by atoms with E-state index in [4.69, 9.17) is 0 Å². The van der Waals surface area contributed by atoms with Crippen molar-refractivity contribution >= 4 is 0 Å². The van der Waals surface area contributed by atoms with E-state index in [1.807, 2.05) is 12.1 Å². The van der Waals surface area contributed by atoms with Gasteiger partial charge in [-0.2, -0.15) is 0 Å². The summed E-state index contributed by atoms with van der Waals surface area (Å²) in [5, 5.41) is 0. The minimum atomic E-state index is -0.0963. The van der Waals surface area contributed by atoms with Gasteiger partial charge >= 0.3 is 0 Å². The van der Waals surface area contributed by atoms with Crippen molar-refractivity contribution in [2.24, 2.45) is 0 Å². The van der Waals surface area contributed by atoms with Crippen molar-refractivity contribution in [3.05, 3.63) is 42.6 Å². The van der Waals surface area contributed by atoms with Crippen LogP contribution in [0.15, 0.2) is 24.3 Å². The van der Waals surface area contributed by atoms with Crippen LogP contribution in [0.25, 0.3) is 0 Å². The molecule has 0 aliphatic heterocycles. The molecule has 0 fully saturated rings. The molecular formula is C10H12F. The lowest BCUT2D eigenvalue weighted by Gasteiger charge is -1.99.